The van der Waals surface area contributed by atoms with Crippen molar-refractivity contribution in [1.29, 1.82) is 5.26 Å². The van der Waals surface area contributed by atoms with Crippen LogP contribution in [0.2, 0.25) is 0 Å². The molecule has 0 spiro atoms. The van der Waals surface area contributed by atoms with Gasteiger partial charge in [0, 0.05) is 15.2 Å². The van der Waals surface area contributed by atoms with Gasteiger partial charge in [-0.2, -0.15) is 5.26 Å². The van der Waals surface area contributed by atoms with E-state index in [0.29, 0.717) is 11.6 Å². The van der Waals surface area contributed by atoms with E-state index in [2.05, 4.69) is 57.5 Å². The van der Waals surface area contributed by atoms with Crippen molar-refractivity contribution in [2.45, 2.75) is 18.9 Å². The third-order valence-corrected chi connectivity index (χ3v) is 4.55. The Morgan fingerprint density at radius 1 is 1.14 bits per heavy atom. The lowest BCUT2D eigenvalue weighted by molar-refractivity contribution is 0.775. The Labute approximate surface area is 136 Å². The van der Waals surface area contributed by atoms with Crippen LogP contribution in [0, 0.1) is 14.9 Å². The van der Waals surface area contributed by atoms with Gasteiger partial charge in [0.15, 0.2) is 0 Å². The van der Waals surface area contributed by atoms with Gasteiger partial charge in [0.05, 0.1) is 22.7 Å². The molecule has 1 heterocycles. The number of hydrogen-bond acceptors (Lipinski definition) is 2. The molecule has 1 aromatic heterocycles. The number of aromatic nitrogens is 2. The highest BCUT2D eigenvalue weighted by atomic mass is 127. The summed E-state index contributed by atoms with van der Waals surface area (Å²) in [4.78, 5) is 4.79. The minimum atomic E-state index is 0.553. The number of imidazole rings is 1. The Morgan fingerprint density at radius 3 is 2.57 bits per heavy atom. The molecule has 1 saturated carbocycles. The summed E-state index contributed by atoms with van der Waals surface area (Å²) in [5.74, 6) is 1.01. The summed E-state index contributed by atoms with van der Waals surface area (Å²) in [5.41, 5.74) is 3.84. The van der Waals surface area contributed by atoms with Crippen LogP contribution in [0.5, 0.6) is 0 Å². The Kier molecular flexibility index (Phi) is 2.96. The van der Waals surface area contributed by atoms with E-state index in [1.54, 1.807) is 0 Å². The number of nitrogens with zero attached hydrogens (tertiary/aromatic N) is 3. The Hall–Kier alpha value is -1.87. The molecule has 21 heavy (non-hydrogen) atoms. The summed E-state index contributed by atoms with van der Waals surface area (Å²) in [6.45, 7) is 0. The zero-order chi connectivity index (χ0) is 14.4. The van der Waals surface area contributed by atoms with Gasteiger partial charge in [0.2, 0.25) is 0 Å². The minimum absolute atomic E-state index is 0.553. The van der Waals surface area contributed by atoms with E-state index in [0.717, 1.165) is 22.4 Å². The van der Waals surface area contributed by atoms with Crippen molar-refractivity contribution in [3.05, 3.63) is 51.6 Å². The van der Waals surface area contributed by atoms with Gasteiger partial charge in [-0.3, -0.25) is 0 Å². The smallest absolute Gasteiger partial charge is 0.141 e. The number of hydrogen-bond donors (Lipinski definition) is 0. The molecule has 3 nitrogen and oxygen atoms in total. The molecule has 0 N–H and O–H groups in total. The summed E-state index contributed by atoms with van der Waals surface area (Å²) in [5, 5.41) is 9.06. The molecule has 1 aliphatic rings. The van der Waals surface area contributed by atoms with Crippen LogP contribution in [0.15, 0.2) is 42.5 Å². The maximum Gasteiger partial charge on any atom is 0.141 e. The lowest BCUT2D eigenvalue weighted by atomic mass is 10.2. The number of fused-ring (bicyclic) bond motifs is 1. The molecule has 1 fully saturated rings. The molecule has 3 aromatic rings. The molecule has 4 rings (SSSR count). The first kappa shape index (κ1) is 12.8. The molecular weight excluding hydrogens is 373 g/mol. The SMILES string of the molecule is N#Cc1ccc2c(c1)nc(-c1ccc(I)cc1)n2C1CC1. The number of halogens is 1. The quantitative estimate of drug-likeness (QED) is 0.609. The normalized spacial score (nSPS) is 14.3. The predicted octanol–water partition coefficient (Wildman–Crippen LogP) is 4.51. The third kappa shape index (κ3) is 2.22. The minimum Gasteiger partial charge on any atom is -0.321 e. The van der Waals surface area contributed by atoms with E-state index in [-0.39, 0.29) is 0 Å². The van der Waals surface area contributed by atoms with E-state index in [1.807, 2.05) is 18.2 Å². The molecule has 102 valence electrons. The third-order valence-electron chi connectivity index (χ3n) is 3.83. The summed E-state index contributed by atoms with van der Waals surface area (Å²) < 4.78 is 3.55. The molecule has 0 saturated heterocycles. The maximum atomic E-state index is 9.06. The second-order valence-corrected chi connectivity index (χ2v) is 6.60. The topological polar surface area (TPSA) is 41.6 Å². The van der Waals surface area contributed by atoms with Crippen LogP contribution < -0.4 is 0 Å². The summed E-state index contributed by atoms with van der Waals surface area (Å²) in [6.07, 6.45) is 2.42. The van der Waals surface area contributed by atoms with Crippen molar-refractivity contribution in [3.63, 3.8) is 0 Å². The van der Waals surface area contributed by atoms with Crippen LogP contribution in [0.4, 0.5) is 0 Å². The molecule has 1 aliphatic carbocycles. The highest BCUT2D eigenvalue weighted by Gasteiger charge is 2.28. The van der Waals surface area contributed by atoms with Crippen molar-refractivity contribution in [3.8, 4) is 17.5 Å². The van der Waals surface area contributed by atoms with Gasteiger partial charge >= 0.3 is 0 Å². The van der Waals surface area contributed by atoms with E-state index in [4.69, 9.17) is 10.2 Å². The molecular formula is C17H12IN3. The second kappa shape index (κ2) is 4.85. The van der Waals surface area contributed by atoms with Crippen molar-refractivity contribution < 1.29 is 0 Å². The van der Waals surface area contributed by atoms with Crippen molar-refractivity contribution in [2.24, 2.45) is 0 Å². The fraction of sp³-hybridized carbons (Fsp3) is 0.176. The number of rotatable bonds is 2. The monoisotopic (exact) mass is 385 g/mol. The van der Waals surface area contributed by atoms with Crippen LogP contribution in [0.1, 0.15) is 24.4 Å². The van der Waals surface area contributed by atoms with E-state index in [9.17, 15) is 0 Å². The van der Waals surface area contributed by atoms with Gasteiger partial charge in [-0.15, -0.1) is 0 Å². The molecule has 0 unspecified atom stereocenters. The Balaban J connectivity index is 1.97. The Bertz CT molecular complexity index is 867. The van der Waals surface area contributed by atoms with Gasteiger partial charge in [-0.05, 0) is 65.8 Å². The van der Waals surface area contributed by atoms with Crippen molar-refractivity contribution >= 4 is 33.6 Å². The molecule has 4 heteroatoms. The standard InChI is InChI=1S/C17H12IN3/c18-13-4-2-12(3-5-13)17-20-15-9-11(10-19)1-8-16(15)21(17)14-6-7-14/h1-5,8-9,14H,6-7H2. The highest BCUT2D eigenvalue weighted by Crippen LogP contribution is 2.41. The molecule has 0 amide bonds. The summed E-state index contributed by atoms with van der Waals surface area (Å²) in [7, 11) is 0. The van der Waals surface area contributed by atoms with Crippen LogP contribution in [-0.2, 0) is 0 Å². The largest absolute Gasteiger partial charge is 0.321 e. The van der Waals surface area contributed by atoms with E-state index in [1.165, 1.54) is 16.4 Å². The predicted molar refractivity (Wildman–Crippen MR) is 90.9 cm³/mol. The van der Waals surface area contributed by atoms with Gasteiger partial charge in [0.1, 0.15) is 5.82 Å². The van der Waals surface area contributed by atoms with Crippen molar-refractivity contribution in [2.75, 3.05) is 0 Å². The first-order valence-corrected chi connectivity index (χ1v) is 8.02. The van der Waals surface area contributed by atoms with Crippen LogP contribution in [0.3, 0.4) is 0 Å². The van der Waals surface area contributed by atoms with E-state index < -0.39 is 0 Å². The number of nitriles is 1. The zero-order valence-corrected chi connectivity index (χ0v) is 13.4. The van der Waals surface area contributed by atoms with Gasteiger partial charge in [-0.25, -0.2) is 4.98 Å². The van der Waals surface area contributed by atoms with Crippen LogP contribution >= 0.6 is 22.6 Å². The molecule has 0 radical (unpaired) electrons. The molecule has 2 aromatic carbocycles. The zero-order valence-electron chi connectivity index (χ0n) is 11.3. The van der Waals surface area contributed by atoms with Gasteiger partial charge < -0.3 is 4.57 Å². The summed E-state index contributed by atoms with van der Waals surface area (Å²) in [6, 6.07) is 17.0. The second-order valence-electron chi connectivity index (χ2n) is 5.36. The highest BCUT2D eigenvalue weighted by molar-refractivity contribution is 14.1. The van der Waals surface area contributed by atoms with E-state index >= 15 is 0 Å². The molecule has 0 atom stereocenters. The lowest BCUT2D eigenvalue weighted by Crippen LogP contribution is -1.97. The molecule has 0 aliphatic heterocycles. The lowest BCUT2D eigenvalue weighted by Gasteiger charge is -2.07. The fourth-order valence-electron chi connectivity index (χ4n) is 2.67. The Morgan fingerprint density at radius 2 is 1.90 bits per heavy atom. The first-order chi connectivity index (χ1) is 10.3. The molecule has 0 bridgehead atoms. The average molecular weight is 385 g/mol. The fourth-order valence-corrected chi connectivity index (χ4v) is 3.03. The van der Waals surface area contributed by atoms with Crippen molar-refractivity contribution in [1.82, 2.24) is 9.55 Å². The van der Waals surface area contributed by atoms with Gasteiger partial charge in [0.25, 0.3) is 0 Å². The average Bonchev–Trinajstić information content (AvgIpc) is 3.27. The first-order valence-electron chi connectivity index (χ1n) is 6.94. The van der Waals surface area contributed by atoms with Crippen LogP contribution in [-0.4, -0.2) is 9.55 Å². The summed E-state index contributed by atoms with van der Waals surface area (Å²) >= 11 is 2.31. The maximum absolute atomic E-state index is 9.06. The number of benzene rings is 2. The van der Waals surface area contributed by atoms with Crippen LogP contribution in [0.25, 0.3) is 22.4 Å². The van der Waals surface area contributed by atoms with Gasteiger partial charge in [-0.1, -0.05) is 12.1 Å².